The summed E-state index contributed by atoms with van der Waals surface area (Å²) < 4.78 is 8.18. The third-order valence-corrected chi connectivity index (χ3v) is 10.5. The molecular formula is C30H46N4O4. The van der Waals surface area contributed by atoms with Crippen LogP contribution in [0, 0.1) is 23.7 Å². The van der Waals surface area contributed by atoms with Gasteiger partial charge in [-0.05, 0) is 87.9 Å². The van der Waals surface area contributed by atoms with Crippen LogP contribution in [0.5, 0.6) is 5.88 Å². The zero-order valence-electron chi connectivity index (χ0n) is 22.9. The molecule has 0 aromatic carbocycles. The van der Waals surface area contributed by atoms with Crippen LogP contribution in [-0.4, -0.2) is 51.0 Å². The number of nitrogens with one attached hydrogen (secondary N) is 2. The second-order valence-corrected chi connectivity index (χ2v) is 13.4. The topological polar surface area (TPSA) is 105 Å². The zero-order valence-corrected chi connectivity index (χ0v) is 22.9. The largest absolute Gasteiger partial charge is 0.480 e. The third-order valence-electron chi connectivity index (χ3n) is 10.5. The Morgan fingerprint density at radius 3 is 2.24 bits per heavy atom. The van der Waals surface area contributed by atoms with Gasteiger partial charge >= 0.3 is 5.97 Å². The minimum Gasteiger partial charge on any atom is -0.480 e. The Morgan fingerprint density at radius 2 is 1.61 bits per heavy atom. The summed E-state index contributed by atoms with van der Waals surface area (Å²) in [6.07, 6.45) is 19.4. The van der Waals surface area contributed by atoms with Gasteiger partial charge in [-0.25, -0.2) is 4.68 Å². The fraction of sp³-hybridized carbons (Fsp3) is 0.833. The van der Waals surface area contributed by atoms with Crippen LogP contribution in [-0.2, 0) is 11.3 Å². The SMILES string of the molecule is O=C(NC12CC3CC(CC(C3)C1)C2)c1cnn(CCNC2(C(=O)O)CCCCC2)c1OCC1CCCCC1. The minimum atomic E-state index is -0.854. The maximum atomic E-state index is 13.7. The Hall–Kier alpha value is -2.09. The van der Waals surface area contributed by atoms with Crippen LogP contribution in [0.2, 0.25) is 0 Å². The molecule has 8 heteroatoms. The Balaban J connectivity index is 1.16. The Kier molecular flexibility index (Phi) is 7.45. The molecule has 0 spiro atoms. The van der Waals surface area contributed by atoms with E-state index >= 15 is 0 Å². The number of ether oxygens (including phenoxy) is 1. The van der Waals surface area contributed by atoms with Crippen LogP contribution < -0.4 is 15.4 Å². The molecule has 1 amide bonds. The monoisotopic (exact) mass is 526 g/mol. The summed E-state index contributed by atoms with van der Waals surface area (Å²) in [5, 5.41) is 21.4. The first kappa shape index (κ1) is 26.1. The van der Waals surface area contributed by atoms with E-state index in [1.807, 2.05) is 0 Å². The number of carbonyl (C=O) groups is 2. The van der Waals surface area contributed by atoms with Gasteiger partial charge in [-0.15, -0.1) is 0 Å². The highest BCUT2D eigenvalue weighted by Crippen LogP contribution is 2.55. The van der Waals surface area contributed by atoms with E-state index in [0.29, 0.717) is 49.9 Å². The van der Waals surface area contributed by atoms with Gasteiger partial charge in [0.2, 0.25) is 5.88 Å². The maximum Gasteiger partial charge on any atom is 0.323 e. The van der Waals surface area contributed by atoms with Gasteiger partial charge in [0.25, 0.3) is 5.91 Å². The minimum absolute atomic E-state index is 0.0564. The molecule has 0 atom stereocenters. The van der Waals surface area contributed by atoms with Gasteiger partial charge in [0.15, 0.2) is 0 Å². The van der Waals surface area contributed by atoms with Crippen LogP contribution in [0.1, 0.15) is 113 Å². The third kappa shape index (κ3) is 5.34. The highest BCUT2D eigenvalue weighted by Gasteiger charge is 2.51. The van der Waals surface area contributed by atoms with E-state index in [9.17, 15) is 14.7 Å². The summed E-state index contributed by atoms with van der Waals surface area (Å²) in [4.78, 5) is 25.8. The standard InChI is InChI=1S/C30H46N4O4/c35-26(33-29-16-22-13-23(17-29)15-24(14-22)18-29)25-19-32-34(27(25)38-20-21-7-3-1-4-8-21)12-11-31-30(28(36)37)9-5-2-6-10-30/h19,21-24,31H,1-18,20H2,(H,33,35)(H,36,37). The zero-order chi connectivity index (χ0) is 26.2. The van der Waals surface area contributed by atoms with Crippen LogP contribution in [0.25, 0.3) is 0 Å². The Labute approximate surface area is 226 Å². The lowest BCUT2D eigenvalue weighted by Crippen LogP contribution is -2.59. The predicted molar refractivity (Wildman–Crippen MR) is 144 cm³/mol. The molecule has 3 N–H and O–H groups in total. The van der Waals surface area contributed by atoms with Gasteiger partial charge < -0.3 is 20.5 Å². The smallest absolute Gasteiger partial charge is 0.323 e. The van der Waals surface area contributed by atoms with Gasteiger partial charge in [-0.1, -0.05) is 38.5 Å². The lowest BCUT2D eigenvalue weighted by molar-refractivity contribution is -0.146. The van der Waals surface area contributed by atoms with E-state index < -0.39 is 11.5 Å². The van der Waals surface area contributed by atoms with Gasteiger partial charge in [0.1, 0.15) is 11.1 Å². The molecule has 1 aromatic rings. The molecule has 1 heterocycles. The number of hydrogen-bond donors (Lipinski definition) is 3. The fourth-order valence-corrected chi connectivity index (χ4v) is 8.99. The van der Waals surface area contributed by atoms with Crippen molar-refractivity contribution in [3.8, 4) is 5.88 Å². The molecule has 6 fully saturated rings. The van der Waals surface area contributed by atoms with Crippen molar-refractivity contribution in [2.75, 3.05) is 13.2 Å². The van der Waals surface area contributed by atoms with Gasteiger partial charge in [0, 0.05) is 12.1 Å². The first-order valence-corrected chi connectivity index (χ1v) is 15.4. The van der Waals surface area contributed by atoms with Crippen molar-refractivity contribution in [2.24, 2.45) is 23.7 Å². The second kappa shape index (κ2) is 10.8. The predicted octanol–water partition coefficient (Wildman–Crippen LogP) is 4.92. The molecule has 6 aliphatic carbocycles. The first-order valence-electron chi connectivity index (χ1n) is 15.4. The molecule has 0 unspecified atom stereocenters. The van der Waals surface area contributed by atoms with Gasteiger partial charge in [0.05, 0.1) is 19.3 Å². The van der Waals surface area contributed by atoms with Crippen molar-refractivity contribution in [1.29, 1.82) is 0 Å². The number of amides is 1. The average Bonchev–Trinajstić information content (AvgIpc) is 3.30. The summed E-state index contributed by atoms with van der Waals surface area (Å²) in [5.74, 6) is 2.53. The van der Waals surface area contributed by atoms with Crippen molar-refractivity contribution in [2.45, 2.75) is 120 Å². The molecule has 38 heavy (non-hydrogen) atoms. The molecule has 8 nitrogen and oxygen atoms in total. The second-order valence-electron chi connectivity index (χ2n) is 13.4. The van der Waals surface area contributed by atoms with Gasteiger partial charge in [-0.3, -0.25) is 9.59 Å². The highest BCUT2D eigenvalue weighted by molar-refractivity contribution is 5.96. The van der Waals surface area contributed by atoms with Crippen molar-refractivity contribution in [3.05, 3.63) is 11.8 Å². The Morgan fingerprint density at radius 1 is 0.974 bits per heavy atom. The molecular weight excluding hydrogens is 480 g/mol. The van der Waals surface area contributed by atoms with E-state index in [-0.39, 0.29) is 11.4 Å². The Bertz CT molecular complexity index is 973. The molecule has 6 aliphatic rings. The van der Waals surface area contributed by atoms with Crippen LogP contribution >= 0.6 is 0 Å². The average molecular weight is 527 g/mol. The van der Waals surface area contributed by atoms with Crippen molar-refractivity contribution >= 4 is 11.9 Å². The number of hydrogen-bond acceptors (Lipinski definition) is 5. The lowest BCUT2D eigenvalue weighted by Gasteiger charge is -2.56. The number of aliphatic carboxylic acids is 1. The molecule has 4 bridgehead atoms. The summed E-state index contributed by atoms with van der Waals surface area (Å²) >= 11 is 0. The van der Waals surface area contributed by atoms with E-state index in [0.717, 1.165) is 56.3 Å². The number of carboxylic acids is 1. The number of rotatable bonds is 10. The summed E-state index contributed by atoms with van der Waals surface area (Å²) in [5.41, 5.74) is -0.389. The molecule has 6 saturated carbocycles. The van der Waals surface area contributed by atoms with Crippen LogP contribution in [0.4, 0.5) is 0 Å². The van der Waals surface area contributed by atoms with E-state index in [4.69, 9.17) is 4.74 Å². The highest BCUT2D eigenvalue weighted by atomic mass is 16.5. The summed E-state index contributed by atoms with van der Waals surface area (Å²) in [6.45, 7) is 1.55. The molecule has 1 aromatic heterocycles. The number of carboxylic acid groups (broad SMARTS) is 1. The van der Waals surface area contributed by atoms with E-state index in [1.54, 1.807) is 10.9 Å². The quantitative estimate of drug-likeness (QED) is 0.400. The first-order chi connectivity index (χ1) is 18.4. The van der Waals surface area contributed by atoms with Gasteiger partial charge in [-0.2, -0.15) is 5.10 Å². The molecule has 0 saturated heterocycles. The van der Waals surface area contributed by atoms with E-state index in [2.05, 4.69) is 15.7 Å². The number of nitrogens with zero attached hydrogens (tertiary/aromatic N) is 2. The molecule has 0 radical (unpaired) electrons. The number of carbonyl (C=O) groups excluding carboxylic acids is 1. The van der Waals surface area contributed by atoms with E-state index in [1.165, 1.54) is 51.4 Å². The molecule has 0 aliphatic heterocycles. The summed E-state index contributed by atoms with van der Waals surface area (Å²) in [6, 6.07) is 0. The maximum absolute atomic E-state index is 13.7. The van der Waals surface area contributed by atoms with Crippen molar-refractivity contribution < 1.29 is 19.4 Å². The normalized spacial score (nSPS) is 32.3. The summed E-state index contributed by atoms with van der Waals surface area (Å²) in [7, 11) is 0. The van der Waals surface area contributed by atoms with Crippen LogP contribution in [0.15, 0.2) is 6.20 Å². The molecule has 210 valence electrons. The van der Waals surface area contributed by atoms with Crippen molar-refractivity contribution in [3.63, 3.8) is 0 Å². The lowest BCUT2D eigenvalue weighted by atomic mass is 9.53. The van der Waals surface area contributed by atoms with Crippen molar-refractivity contribution in [1.82, 2.24) is 20.4 Å². The number of aromatic nitrogens is 2. The molecule has 7 rings (SSSR count). The fourth-order valence-electron chi connectivity index (χ4n) is 8.99. The van der Waals surface area contributed by atoms with Crippen LogP contribution in [0.3, 0.4) is 0 Å².